The third kappa shape index (κ3) is 1.72. The molecule has 0 saturated carbocycles. The molecular weight excluding hydrogens is 272 g/mol. The van der Waals surface area contributed by atoms with Crippen molar-refractivity contribution in [2.45, 2.75) is 13.8 Å². The van der Waals surface area contributed by atoms with Gasteiger partial charge in [0.25, 0.3) is 0 Å². The van der Waals surface area contributed by atoms with Gasteiger partial charge >= 0.3 is 0 Å². The van der Waals surface area contributed by atoms with Crippen LogP contribution in [0.2, 0.25) is 0 Å². The Morgan fingerprint density at radius 3 is 1.59 bits per heavy atom. The normalized spacial score (nSPS) is 11.4. The van der Waals surface area contributed by atoms with E-state index in [1.807, 2.05) is 62.4 Å². The highest BCUT2D eigenvalue weighted by Crippen LogP contribution is 2.29. The van der Waals surface area contributed by atoms with Crippen molar-refractivity contribution < 1.29 is 4.79 Å². The van der Waals surface area contributed by atoms with Crippen LogP contribution in [0.3, 0.4) is 0 Å². The van der Waals surface area contributed by atoms with Gasteiger partial charge in [0.15, 0.2) is 5.78 Å². The van der Waals surface area contributed by atoms with Gasteiger partial charge in [-0.3, -0.25) is 4.79 Å². The second-order valence-electron chi connectivity index (χ2n) is 5.67. The second kappa shape index (κ2) is 4.60. The highest BCUT2D eigenvalue weighted by Gasteiger charge is 2.22. The summed E-state index contributed by atoms with van der Waals surface area (Å²) in [5.41, 5.74) is 5.36. The van der Waals surface area contributed by atoms with Gasteiger partial charge in [-0.15, -0.1) is 0 Å². The van der Waals surface area contributed by atoms with Crippen LogP contribution in [-0.2, 0) is 0 Å². The molecular formula is C19H16N2O. The smallest absolute Gasteiger partial charge is 0.197 e. The number of nitrogens with one attached hydrogen (secondary N) is 2. The molecule has 0 amide bonds. The largest absolute Gasteiger partial charge is 0.358 e. The summed E-state index contributed by atoms with van der Waals surface area (Å²) in [6, 6.07) is 15.9. The molecule has 0 bridgehead atoms. The number of H-pyrrole nitrogens is 2. The van der Waals surface area contributed by atoms with Crippen molar-refractivity contribution in [2.24, 2.45) is 0 Å². The van der Waals surface area contributed by atoms with Crippen LogP contribution in [0.15, 0.2) is 48.5 Å². The molecule has 108 valence electrons. The monoisotopic (exact) mass is 288 g/mol. The lowest BCUT2D eigenvalue weighted by Crippen LogP contribution is -2.03. The average Bonchev–Trinajstić information content (AvgIpc) is 3.01. The molecule has 0 unspecified atom stereocenters. The number of carbonyl (C=O) groups excluding carboxylic acids is 1. The lowest BCUT2D eigenvalue weighted by molar-refractivity contribution is 0.104. The molecule has 0 spiro atoms. The Bertz CT molecular complexity index is 938. The number of aromatic amines is 2. The van der Waals surface area contributed by atoms with Gasteiger partial charge in [-0.25, -0.2) is 0 Å². The Morgan fingerprint density at radius 2 is 1.14 bits per heavy atom. The molecule has 4 rings (SSSR count). The van der Waals surface area contributed by atoms with Crippen molar-refractivity contribution in [1.29, 1.82) is 0 Å². The zero-order valence-electron chi connectivity index (χ0n) is 12.5. The summed E-state index contributed by atoms with van der Waals surface area (Å²) in [5, 5.41) is 1.96. The molecule has 2 heterocycles. The summed E-state index contributed by atoms with van der Waals surface area (Å²) >= 11 is 0. The maximum atomic E-state index is 13.2. The van der Waals surface area contributed by atoms with Crippen molar-refractivity contribution in [2.75, 3.05) is 0 Å². The average molecular weight is 288 g/mol. The molecule has 0 aliphatic heterocycles. The Kier molecular flexibility index (Phi) is 2.70. The predicted molar refractivity (Wildman–Crippen MR) is 89.5 cm³/mol. The van der Waals surface area contributed by atoms with E-state index in [0.29, 0.717) is 0 Å². The van der Waals surface area contributed by atoms with E-state index in [1.54, 1.807) is 0 Å². The number of carbonyl (C=O) groups is 1. The minimum absolute atomic E-state index is 0.0740. The Hall–Kier alpha value is -2.81. The number of para-hydroxylation sites is 2. The third-order valence-corrected chi connectivity index (χ3v) is 4.24. The maximum absolute atomic E-state index is 13.2. The molecule has 22 heavy (non-hydrogen) atoms. The van der Waals surface area contributed by atoms with Gasteiger partial charge < -0.3 is 9.97 Å². The minimum Gasteiger partial charge on any atom is -0.358 e. The van der Waals surface area contributed by atoms with Crippen molar-refractivity contribution in [3.63, 3.8) is 0 Å². The van der Waals surface area contributed by atoms with Crippen LogP contribution >= 0.6 is 0 Å². The number of fused-ring (bicyclic) bond motifs is 2. The van der Waals surface area contributed by atoms with E-state index in [1.165, 1.54) is 0 Å². The fourth-order valence-electron chi connectivity index (χ4n) is 3.26. The van der Waals surface area contributed by atoms with E-state index >= 15 is 0 Å². The second-order valence-corrected chi connectivity index (χ2v) is 5.67. The standard InChI is InChI=1S/C19H16N2O/c1-11-17(13-7-3-5-9-15(13)20-11)19(22)18-12(2)21-16-10-6-4-8-14(16)18/h3-10,20-21H,1-2H3. The highest BCUT2D eigenvalue weighted by molar-refractivity contribution is 6.22. The summed E-state index contributed by atoms with van der Waals surface area (Å²) in [6.45, 7) is 3.91. The molecule has 2 aromatic heterocycles. The molecule has 0 aliphatic carbocycles. The topological polar surface area (TPSA) is 48.6 Å². The van der Waals surface area contributed by atoms with Crippen LogP contribution in [0.25, 0.3) is 21.8 Å². The molecule has 2 aromatic carbocycles. The van der Waals surface area contributed by atoms with Crippen LogP contribution < -0.4 is 0 Å². The highest BCUT2D eigenvalue weighted by atomic mass is 16.1. The first-order valence-corrected chi connectivity index (χ1v) is 7.36. The molecule has 3 nitrogen and oxygen atoms in total. The molecule has 3 heteroatoms. The number of rotatable bonds is 2. The molecule has 0 saturated heterocycles. The van der Waals surface area contributed by atoms with Crippen LogP contribution in [-0.4, -0.2) is 15.8 Å². The molecule has 0 radical (unpaired) electrons. The van der Waals surface area contributed by atoms with Crippen molar-refractivity contribution in [3.8, 4) is 0 Å². The first-order valence-electron chi connectivity index (χ1n) is 7.36. The molecule has 2 N–H and O–H groups in total. The maximum Gasteiger partial charge on any atom is 0.197 e. The fourth-order valence-corrected chi connectivity index (χ4v) is 3.26. The summed E-state index contributed by atoms with van der Waals surface area (Å²) < 4.78 is 0. The Balaban J connectivity index is 2.00. The van der Waals surface area contributed by atoms with Crippen molar-refractivity contribution in [3.05, 3.63) is 71.0 Å². The number of ketones is 1. The number of aromatic nitrogens is 2. The minimum atomic E-state index is 0.0740. The van der Waals surface area contributed by atoms with Crippen molar-refractivity contribution in [1.82, 2.24) is 9.97 Å². The van der Waals surface area contributed by atoms with Crippen LogP contribution in [0, 0.1) is 13.8 Å². The van der Waals surface area contributed by atoms with Crippen molar-refractivity contribution >= 4 is 27.6 Å². The van der Waals surface area contributed by atoms with E-state index in [2.05, 4.69) is 9.97 Å². The summed E-state index contributed by atoms with van der Waals surface area (Å²) in [5.74, 6) is 0.0740. The SMILES string of the molecule is Cc1[nH]c2ccccc2c1C(=O)c1c(C)[nH]c2ccccc12. The molecule has 0 atom stereocenters. The van der Waals surface area contributed by atoms with E-state index in [0.717, 1.165) is 44.3 Å². The zero-order valence-corrected chi connectivity index (χ0v) is 12.5. The number of hydrogen-bond acceptors (Lipinski definition) is 1. The third-order valence-electron chi connectivity index (χ3n) is 4.24. The zero-order chi connectivity index (χ0) is 15.3. The van der Waals surface area contributed by atoms with E-state index < -0.39 is 0 Å². The Labute approximate surface area is 128 Å². The summed E-state index contributed by atoms with van der Waals surface area (Å²) in [4.78, 5) is 19.8. The van der Waals surface area contributed by atoms with Gasteiger partial charge in [0, 0.05) is 33.2 Å². The van der Waals surface area contributed by atoms with Gasteiger partial charge in [-0.1, -0.05) is 36.4 Å². The predicted octanol–water partition coefficient (Wildman–Crippen LogP) is 4.50. The number of benzene rings is 2. The summed E-state index contributed by atoms with van der Waals surface area (Å²) in [6.07, 6.45) is 0. The Morgan fingerprint density at radius 1 is 0.727 bits per heavy atom. The van der Waals surface area contributed by atoms with E-state index in [4.69, 9.17) is 0 Å². The van der Waals surface area contributed by atoms with Gasteiger partial charge in [0.05, 0.1) is 11.1 Å². The van der Waals surface area contributed by atoms with Crippen LogP contribution in [0.5, 0.6) is 0 Å². The summed E-state index contributed by atoms with van der Waals surface area (Å²) in [7, 11) is 0. The van der Waals surface area contributed by atoms with E-state index in [9.17, 15) is 4.79 Å². The molecule has 4 aromatic rings. The van der Waals surface area contributed by atoms with Crippen LogP contribution in [0.1, 0.15) is 27.3 Å². The van der Waals surface area contributed by atoms with Gasteiger partial charge in [-0.2, -0.15) is 0 Å². The van der Waals surface area contributed by atoms with Gasteiger partial charge in [0.1, 0.15) is 0 Å². The molecule has 0 fully saturated rings. The molecule has 0 aliphatic rings. The van der Waals surface area contributed by atoms with Gasteiger partial charge in [-0.05, 0) is 26.0 Å². The van der Waals surface area contributed by atoms with Crippen LogP contribution in [0.4, 0.5) is 0 Å². The first kappa shape index (κ1) is 12.9. The fraction of sp³-hybridized carbons (Fsp3) is 0.105. The number of aryl methyl sites for hydroxylation is 2. The number of hydrogen-bond donors (Lipinski definition) is 2. The van der Waals surface area contributed by atoms with E-state index in [-0.39, 0.29) is 5.78 Å². The lowest BCUT2D eigenvalue weighted by atomic mass is 9.98. The first-order chi connectivity index (χ1) is 10.7. The lowest BCUT2D eigenvalue weighted by Gasteiger charge is -2.02. The van der Waals surface area contributed by atoms with Gasteiger partial charge in [0.2, 0.25) is 0 Å². The quantitative estimate of drug-likeness (QED) is 0.524.